The maximum atomic E-state index is 11.3. The lowest BCUT2D eigenvalue weighted by atomic mass is 10.1. The van der Waals surface area contributed by atoms with Crippen LogP contribution in [0.4, 0.5) is 0 Å². The highest BCUT2D eigenvalue weighted by molar-refractivity contribution is 7.82. The summed E-state index contributed by atoms with van der Waals surface area (Å²) in [7, 11) is 3.55. The van der Waals surface area contributed by atoms with Crippen LogP contribution < -0.4 is 10.6 Å². The third-order valence-corrected chi connectivity index (χ3v) is 2.05. The molecule has 0 radical (unpaired) electrons. The molecule has 0 bridgehead atoms. The molecule has 4 nitrogen and oxygen atoms in total. The summed E-state index contributed by atoms with van der Waals surface area (Å²) in [5.41, 5.74) is 0. The van der Waals surface area contributed by atoms with Crippen LogP contribution >= 0.6 is 12.2 Å². The Morgan fingerprint density at radius 3 is 2.29 bits per heavy atom. The van der Waals surface area contributed by atoms with Crippen LogP contribution in [0.25, 0.3) is 0 Å². The Morgan fingerprint density at radius 2 is 1.93 bits per heavy atom. The van der Waals surface area contributed by atoms with E-state index in [9.17, 15) is 9.59 Å². The number of carbonyl (C=O) groups is 2. The average molecular weight is 216 g/mol. The first-order valence-electron chi connectivity index (χ1n) is 4.42. The van der Waals surface area contributed by atoms with Crippen LogP contribution in [-0.4, -0.2) is 43.1 Å². The zero-order valence-electron chi connectivity index (χ0n) is 8.72. The Morgan fingerprint density at radius 1 is 1.36 bits per heavy atom. The molecule has 0 heterocycles. The van der Waals surface area contributed by atoms with E-state index < -0.39 is 11.6 Å². The van der Waals surface area contributed by atoms with Gasteiger partial charge in [-0.15, -0.1) is 0 Å². The molecule has 0 fully saturated rings. The van der Waals surface area contributed by atoms with Crippen molar-refractivity contribution in [1.29, 1.82) is 0 Å². The highest BCUT2D eigenvalue weighted by Gasteiger charge is 2.19. The van der Waals surface area contributed by atoms with Gasteiger partial charge in [0.25, 0.3) is 0 Å². The fraction of sp³-hybridized carbons (Fsp3) is 0.667. The molecular formula is C9H16N2O2S. The summed E-state index contributed by atoms with van der Waals surface area (Å²) < 4.78 is 0. The fourth-order valence-electron chi connectivity index (χ4n) is 1.04. The number of hydrogen-bond donors (Lipinski definition) is 2. The summed E-state index contributed by atoms with van der Waals surface area (Å²) in [6.07, 6.45) is 0.185. The van der Waals surface area contributed by atoms with Crippen LogP contribution in [0.5, 0.6) is 0 Å². The molecule has 2 N–H and O–H groups in total. The summed E-state index contributed by atoms with van der Waals surface area (Å²) in [6, 6.07) is -0.0224. The Labute approximate surface area is 89.4 Å². The van der Waals surface area contributed by atoms with E-state index in [2.05, 4.69) is 22.9 Å². The summed E-state index contributed by atoms with van der Waals surface area (Å²) in [5, 5.41) is 5.88. The van der Waals surface area contributed by atoms with Gasteiger partial charge in [0.15, 0.2) is 0 Å². The molecule has 0 amide bonds. The second-order valence-corrected chi connectivity index (χ2v) is 3.67. The van der Waals surface area contributed by atoms with E-state index in [4.69, 9.17) is 0 Å². The molecule has 0 aliphatic heterocycles. The number of carbonyl (C=O) groups excluding carboxylic acids is 2. The van der Waals surface area contributed by atoms with Crippen molar-refractivity contribution >= 4 is 28.6 Å². The summed E-state index contributed by atoms with van der Waals surface area (Å²) in [5.74, 6) is -0.969. The van der Waals surface area contributed by atoms with Crippen molar-refractivity contribution in [3.63, 3.8) is 0 Å². The fourth-order valence-corrected chi connectivity index (χ4v) is 1.15. The second kappa shape index (κ2) is 6.75. The van der Waals surface area contributed by atoms with Crippen molar-refractivity contribution in [3.8, 4) is 0 Å². The van der Waals surface area contributed by atoms with Gasteiger partial charge in [0.2, 0.25) is 11.6 Å². The van der Waals surface area contributed by atoms with Crippen LogP contribution in [0.2, 0.25) is 0 Å². The molecule has 0 aromatic carbocycles. The van der Waals surface area contributed by atoms with Crippen molar-refractivity contribution in [3.05, 3.63) is 0 Å². The molecular weight excluding hydrogens is 200 g/mol. The number of Topliss-reactive ketones (excluding diaryl/α,β-unsaturated/α-hetero) is 2. The van der Waals surface area contributed by atoms with E-state index in [1.54, 1.807) is 14.1 Å². The molecule has 5 heteroatoms. The summed E-state index contributed by atoms with van der Waals surface area (Å²) in [4.78, 5) is 22.6. The van der Waals surface area contributed by atoms with Gasteiger partial charge < -0.3 is 10.6 Å². The number of likely N-dealkylation sites (N-methyl/N-ethyl adjacent to an activating group) is 2. The van der Waals surface area contributed by atoms with Gasteiger partial charge in [-0.3, -0.25) is 9.59 Å². The van der Waals surface area contributed by atoms with Crippen LogP contribution in [-0.2, 0) is 9.59 Å². The van der Waals surface area contributed by atoms with Crippen molar-refractivity contribution in [1.82, 2.24) is 10.6 Å². The van der Waals surface area contributed by atoms with Crippen LogP contribution in [0.3, 0.4) is 0 Å². The number of rotatable bonds is 7. The Balaban J connectivity index is 4.15. The minimum Gasteiger partial charge on any atom is -0.318 e. The highest BCUT2D eigenvalue weighted by Crippen LogP contribution is 1.95. The SMILES string of the molecule is CNCC(CC(=O)C(=O)C(C)=S)NC. The number of ketones is 2. The monoisotopic (exact) mass is 216 g/mol. The van der Waals surface area contributed by atoms with E-state index in [-0.39, 0.29) is 17.3 Å². The standard InChI is InChI=1S/C9H16N2O2S/c1-6(14)9(13)8(12)4-7(11-3)5-10-2/h7,10-11H,4-5H2,1-3H3. The predicted molar refractivity (Wildman–Crippen MR) is 59.7 cm³/mol. The quantitative estimate of drug-likeness (QED) is 0.452. The number of nitrogens with one attached hydrogen (secondary N) is 2. The van der Waals surface area contributed by atoms with E-state index in [0.717, 1.165) is 0 Å². The van der Waals surface area contributed by atoms with Gasteiger partial charge in [-0.1, -0.05) is 12.2 Å². The van der Waals surface area contributed by atoms with Crippen LogP contribution in [0.1, 0.15) is 13.3 Å². The first kappa shape index (κ1) is 13.4. The summed E-state index contributed by atoms with van der Waals surface area (Å²) in [6.45, 7) is 2.12. The minimum atomic E-state index is -0.545. The van der Waals surface area contributed by atoms with Gasteiger partial charge in [0, 0.05) is 19.0 Å². The van der Waals surface area contributed by atoms with Gasteiger partial charge in [0.05, 0.1) is 4.86 Å². The maximum Gasteiger partial charge on any atom is 0.234 e. The lowest BCUT2D eigenvalue weighted by Gasteiger charge is -2.13. The molecule has 0 rings (SSSR count). The average Bonchev–Trinajstić information content (AvgIpc) is 2.15. The third kappa shape index (κ3) is 4.55. The molecule has 0 aliphatic rings. The molecule has 1 unspecified atom stereocenters. The van der Waals surface area contributed by atoms with E-state index in [1.165, 1.54) is 6.92 Å². The highest BCUT2D eigenvalue weighted by atomic mass is 32.1. The van der Waals surface area contributed by atoms with E-state index >= 15 is 0 Å². The van der Waals surface area contributed by atoms with E-state index in [0.29, 0.717) is 6.54 Å². The second-order valence-electron chi connectivity index (χ2n) is 3.06. The zero-order valence-corrected chi connectivity index (χ0v) is 9.53. The maximum absolute atomic E-state index is 11.3. The molecule has 1 atom stereocenters. The van der Waals surface area contributed by atoms with E-state index in [1.807, 2.05) is 0 Å². The van der Waals surface area contributed by atoms with Gasteiger partial charge >= 0.3 is 0 Å². The first-order chi connectivity index (χ1) is 6.52. The Hall–Kier alpha value is -0.650. The molecule has 0 saturated heterocycles. The lowest BCUT2D eigenvalue weighted by Crippen LogP contribution is -2.38. The number of thiocarbonyl (C=S) groups is 1. The largest absolute Gasteiger partial charge is 0.318 e. The van der Waals surface area contributed by atoms with Crippen LogP contribution in [0, 0.1) is 0 Å². The molecule has 14 heavy (non-hydrogen) atoms. The lowest BCUT2D eigenvalue weighted by molar-refractivity contribution is -0.133. The minimum absolute atomic E-state index is 0.0224. The molecule has 0 spiro atoms. The van der Waals surface area contributed by atoms with Crippen LogP contribution in [0.15, 0.2) is 0 Å². The zero-order chi connectivity index (χ0) is 11.1. The van der Waals surface area contributed by atoms with Gasteiger partial charge in [-0.2, -0.15) is 0 Å². The smallest absolute Gasteiger partial charge is 0.234 e. The Bertz CT molecular complexity index is 241. The predicted octanol–water partition coefficient (Wildman–Crippen LogP) is -0.288. The van der Waals surface area contributed by atoms with Gasteiger partial charge in [0.1, 0.15) is 0 Å². The molecule has 80 valence electrons. The Kier molecular flexibility index (Phi) is 6.44. The molecule has 0 saturated carbocycles. The van der Waals surface area contributed by atoms with Gasteiger partial charge in [-0.25, -0.2) is 0 Å². The topological polar surface area (TPSA) is 58.2 Å². The van der Waals surface area contributed by atoms with Gasteiger partial charge in [-0.05, 0) is 21.0 Å². The summed E-state index contributed by atoms with van der Waals surface area (Å²) >= 11 is 4.64. The normalized spacial score (nSPS) is 12.2. The van der Waals surface area contributed by atoms with Crippen molar-refractivity contribution in [2.45, 2.75) is 19.4 Å². The number of hydrogen-bond acceptors (Lipinski definition) is 5. The molecule has 0 aliphatic carbocycles. The first-order valence-corrected chi connectivity index (χ1v) is 4.83. The van der Waals surface area contributed by atoms with Crippen molar-refractivity contribution < 1.29 is 9.59 Å². The van der Waals surface area contributed by atoms with Crippen molar-refractivity contribution in [2.75, 3.05) is 20.6 Å². The van der Waals surface area contributed by atoms with Crippen molar-refractivity contribution in [2.24, 2.45) is 0 Å². The molecule has 0 aromatic rings. The molecule has 0 aromatic heterocycles. The third-order valence-electron chi connectivity index (χ3n) is 1.86.